The summed E-state index contributed by atoms with van der Waals surface area (Å²) in [5.41, 5.74) is 3.69. The second-order valence-corrected chi connectivity index (χ2v) is 10.8. The molecule has 1 heterocycles. The van der Waals surface area contributed by atoms with Gasteiger partial charge in [-0.25, -0.2) is 0 Å². The number of ether oxygens (including phenoxy) is 1. The number of carbonyl (C=O) groups excluding carboxylic acids is 1. The van der Waals surface area contributed by atoms with Crippen LogP contribution in [0.3, 0.4) is 0 Å². The molecule has 0 bridgehead atoms. The molecular formula is C31H43NO2S. The van der Waals surface area contributed by atoms with Gasteiger partial charge in [0.15, 0.2) is 5.78 Å². The first-order valence-electron chi connectivity index (χ1n) is 13.5. The van der Waals surface area contributed by atoms with Gasteiger partial charge in [-0.1, -0.05) is 57.9 Å². The molecule has 0 saturated heterocycles. The van der Waals surface area contributed by atoms with E-state index in [4.69, 9.17) is 4.74 Å². The average molecular weight is 494 g/mol. The van der Waals surface area contributed by atoms with Crippen LogP contribution in [0.5, 0.6) is 5.75 Å². The number of hydrogen-bond acceptors (Lipinski definition) is 4. The van der Waals surface area contributed by atoms with Gasteiger partial charge >= 0.3 is 0 Å². The highest BCUT2D eigenvalue weighted by Crippen LogP contribution is 2.36. The Labute approximate surface area is 216 Å². The minimum atomic E-state index is 0.0893. The Hall–Kier alpha value is -2.17. The number of aryl methyl sites for hydroxylation is 3. The summed E-state index contributed by atoms with van der Waals surface area (Å²) in [4.78, 5) is 17.7. The molecule has 0 radical (unpaired) electrons. The SMILES string of the molecule is CCCCN(CCCC)CCCCOc1c(C)cc(C)cc1C(=O)c1c(CC)sc2ccccc12. The van der Waals surface area contributed by atoms with Crippen molar-refractivity contribution in [3.63, 3.8) is 0 Å². The van der Waals surface area contributed by atoms with Crippen molar-refractivity contribution in [2.75, 3.05) is 26.2 Å². The van der Waals surface area contributed by atoms with Gasteiger partial charge in [0.2, 0.25) is 0 Å². The number of benzene rings is 2. The molecule has 0 unspecified atom stereocenters. The van der Waals surface area contributed by atoms with Gasteiger partial charge in [0.1, 0.15) is 5.75 Å². The smallest absolute Gasteiger partial charge is 0.198 e. The molecule has 0 saturated carbocycles. The molecular weight excluding hydrogens is 450 g/mol. The summed E-state index contributed by atoms with van der Waals surface area (Å²) in [7, 11) is 0. The maximum absolute atomic E-state index is 13.9. The van der Waals surface area contributed by atoms with Crippen LogP contribution < -0.4 is 4.74 Å². The molecule has 35 heavy (non-hydrogen) atoms. The van der Waals surface area contributed by atoms with Crippen molar-refractivity contribution >= 4 is 27.2 Å². The summed E-state index contributed by atoms with van der Waals surface area (Å²) in [5, 5.41) is 1.06. The number of ketones is 1. The monoisotopic (exact) mass is 493 g/mol. The number of unbranched alkanes of at least 4 members (excludes halogenated alkanes) is 3. The van der Waals surface area contributed by atoms with Crippen LogP contribution in [0.1, 0.15) is 91.2 Å². The van der Waals surface area contributed by atoms with Gasteiger partial charge < -0.3 is 9.64 Å². The van der Waals surface area contributed by atoms with E-state index in [1.54, 1.807) is 11.3 Å². The predicted molar refractivity (Wildman–Crippen MR) is 152 cm³/mol. The van der Waals surface area contributed by atoms with Crippen molar-refractivity contribution in [1.82, 2.24) is 4.90 Å². The molecule has 190 valence electrons. The van der Waals surface area contributed by atoms with Gasteiger partial charge in [-0.05, 0) is 88.8 Å². The number of rotatable bonds is 15. The molecule has 3 rings (SSSR count). The van der Waals surface area contributed by atoms with E-state index in [9.17, 15) is 4.79 Å². The zero-order chi connectivity index (χ0) is 25.2. The van der Waals surface area contributed by atoms with Gasteiger partial charge in [0, 0.05) is 20.5 Å². The Morgan fingerprint density at radius 2 is 1.60 bits per heavy atom. The quantitative estimate of drug-likeness (QED) is 0.157. The van der Waals surface area contributed by atoms with E-state index >= 15 is 0 Å². The number of fused-ring (bicyclic) bond motifs is 1. The fourth-order valence-electron chi connectivity index (χ4n) is 4.75. The largest absolute Gasteiger partial charge is 0.493 e. The number of nitrogens with zero attached hydrogens (tertiary/aromatic N) is 1. The standard InChI is InChI=1S/C31H43NO2S/c1-6-9-17-32(18-10-7-2)19-13-14-20-34-31-24(5)21-23(4)22-26(31)30(33)29-25-15-11-12-16-28(25)35-27(29)8-3/h11-12,15-16,21-22H,6-10,13-14,17-20H2,1-5H3. The van der Waals surface area contributed by atoms with Crippen molar-refractivity contribution in [1.29, 1.82) is 0 Å². The first-order chi connectivity index (χ1) is 17.0. The normalized spacial score (nSPS) is 11.5. The lowest BCUT2D eigenvalue weighted by Crippen LogP contribution is -2.27. The second kappa shape index (κ2) is 13.8. The fraction of sp³-hybridized carbons (Fsp3) is 0.516. The Balaban J connectivity index is 1.73. The molecule has 3 nitrogen and oxygen atoms in total. The van der Waals surface area contributed by atoms with E-state index in [0.29, 0.717) is 12.2 Å². The number of hydrogen-bond donors (Lipinski definition) is 0. The molecule has 0 aliphatic carbocycles. The minimum Gasteiger partial charge on any atom is -0.493 e. The fourth-order valence-corrected chi connectivity index (χ4v) is 5.90. The number of thiophene rings is 1. The van der Waals surface area contributed by atoms with E-state index < -0.39 is 0 Å². The van der Waals surface area contributed by atoms with E-state index in [-0.39, 0.29) is 5.78 Å². The van der Waals surface area contributed by atoms with E-state index in [1.807, 2.05) is 18.2 Å². The zero-order valence-electron chi connectivity index (χ0n) is 22.4. The lowest BCUT2D eigenvalue weighted by molar-refractivity contribution is 0.103. The van der Waals surface area contributed by atoms with Crippen LogP contribution in [-0.4, -0.2) is 36.9 Å². The molecule has 0 spiro atoms. The van der Waals surface area contributed by atoms with Crippen LogP contribution in [0.25, 0.3) is 10.1 Å². The maximum atomic E-state index is 13.9. The molecule has 0 aliphatic heterocycles. The van der Waals surface area contributed by atoms with Crippen LogP contribution in [0, 0.1) is 13.8 Å². The third kappa shape index (κ3) is 7.17. The third-order valence-electron chi connectivity index (χ3n) is 6.65. The van der Waals surface area contributed by atoms with E-state index in [0.717, 1.165) is 58.5 Å². The summed E-state index contributed by atoms with van der Waals surface area (Å²) in [6.45, 7) is 14.9. The Morgan fingerprint density at radius 3 is 2.29 bits per heavy atom. The minimum absolute atomic E-state index is 0.0893. The van der Waals surface area contributed by atoms with Gasteiger partial charge in [0.25, 0.3) is 0 Å². The van der Waals surface area contributed by atoms with Crippen molar-refractivity contribution in [2.24, 2.45) is 0 Å². The summed E-state index contributed by atoms with van der Waals surface area (Å²) >= 11 is 1.73. The van der Waals surface area contributed by atoms with Gasteiger partial charge in [0.05, 0.1) is 12.2 Å². The Kier molecular flexibility index (Phi) is 10.8. The van der Waals surface area contributed by atoms with Crippen molar-refractivity contribution in [3.8, 4) is 5.75 Å². The van der Waals surface area contributed by atoms with Crippen LogP contribution >= 0.6 is 11.3 Å². The Bertz CT molecular complexity index is 1090. The molecule has 0 N–H and O–H groups in total. The van der Waals surface area contributed by atoms with Crippen LogP contribution in [0.4, 0.5) is 0 Å². The molecule has 3 aromatic rings. The summed E-state index contributed by atoms with van der Waals surface area (Å²) in [6.07, 6.45) is 8.00. The molecule has 1 aromatic heterocycles. The molecule has 4 heteroatoms. The van der Waals surface area contributed by atoms with E-state index in [2.05, 4.69) is 57.7 Å². The first-order valence-corrected chi connectivity index (χ1v) is 14.3. The van der Waals surface area contributed by atoms with Gasteiger partial charge in [-0.2, -0.15) is 0 Å². The number of carbonyl (C=O) groups is 1. The molecule has 0 amide bonds. The maximum Gasteiger partial charge on any atom is 0.198 e. The van der Waals surface area contributed by atoms with Gasteiger partial charge in [-0.15, -0.1) is 11.3 Å². The van der Waals surface area contributed by atoms with Crippen molar-refractivity contribution in [3.05, 3.63) is 63.5 Å². The Morgan fingerprint density at radius 1 is 0.914 bits per heavy atom. The summed E-state index contributed by atoms with van der Waals surface area (Å²) < 4.78 is 7.51. The second-order valence-electron chi connectivity index (χ2n) is 9.64. The first kappa shape index (κ1) is 27.4. The highest BCUT2D eigenvalue weighted by molar-refractivity contribution is 7.19. The van der Waals surface area contributed by atoms with Crippen LogP contribution in [0.2, 0.25) is 0 Å². The lowest BCUT2D eigenvalue weighted by atomic mass is 9.95. The zero-order valence-corrected chi connectivity index (χ0v) is 23.2. The van der Waals surface area contributed by atoms with Crippen molar-refractivity contribution < 1.29 is 9.53 Å². The topological polar surface area (TPSA) is 29.5 Å². The molecule has 2 aromatic carbocycles. The van der Waals surface area contributed by atoms with Crippen LogP contribution in [-0.2, 0) is 6.42 Å². The predicted octanol–water partition coefficient (Wildman–Crippen LogP) is 8.37. The lowest BCUT2D eigenvalue weighted by Gasteiger charge is -2.22. The molecule has 0 fully saturated rings. The third-order valence-corrected chi connectivity index (χ3v) is 7.97. The summed E-state index contributed by atoms with van der Waals surface area (Å²) in [5.74, 6) is 0.846. The summed E-state index contributed by atoms with van der Waals surface area (Å²) in [6, 6.07) is 12.4. The molecule has 0 aliphatic rings. The van der Waals surface area contributed by atoms with Crippen LogP contribution in [0.15, 0.2) is 36.4 Å². The molecule has 0 atom stereocenters. The van der Waals surface area contributed by atoms with Crippen molar-refractivity contribution in [2.45, 2.75) is 79.6 Å². The highest BCUT2D eigenvalue weighted by atomic mass is 32.1. The highest BCUT2D eigenvalue weighted by Gasteiger charge is 2.23. The van der Waals surface area contributed by atoms with Gasteiger partial charge in [-0.3, -0.25) is 4.79 Å². The average Bonchev–Trinajstić information content (AvgIpc) is 3.24. The van der Waals surface area contributed by atoms with E-state index in [1.165, 1.54) is 43.5 Å².